The van der Waals surface area contributed by atoms with Gasteiger partial charge in [-0.2, -0.15) is 0 Å². The van der Waals surface area contributed by atoms with Crippen molar-refractivity contribution in [2.45, 2.75) is 10.9 Å². The highest BCUT2D eigenvalue weighted by Crippen LogP contribution is 2.33. The molecule has 162 valence electrons. The maximum absolute atomic E-state index is 12.6. The van der Waals surface area contributed by atoms with E-state index in [9.17, 15) is 8.42 Å². The third kappa shape index (κ3) is 5.09. The first kappa shape index (κ1) is 21.4. The number of rotatable bonds is 6. The van der Waals surface area contributed by atoms with Crippen molar-refractivity contribution in [2.75, 3.05) is 49.7 Å². The molecule has 0 unspecified atom stereocenters. The minimum absolute atomic E-state index is 0.161. The second-order valence-corrected chi connectivity index (χ2v) is 10.1. The van der Waals surface area contributed by atoms with Crippen LogP contribution >= 0.6 is 0 Å². The van der Waals surface area contributed by atoms with Crippen LogP contribution in [0.5, 0.6) is 0 Å². The fraction of sp³-hybridized carbons (Fsp3) is 0.280. The van der Waals surface area contributed by atoms with Gasteiger partial charge in [-0.3, -0.25) is 0 Å². The Labute approximate surface area is 185 Å². The number of anilines is 2. The number of hydrogen-bond acceptors (Lipinski definition) is 5. The molecule has 31 heavy (non-hydrogen) atoms. The average Bonchev–Trinajstić information content (AvgIpc) is 2.78. The minimum Gasteiger partial charge on any atom is -0.373 e. The van der Waals surface area contributed by atoms with Crippen molar-refractivity contribution in [3.63, 3.8) is 0 Å². The fourth-order valence-electron chi connectivity index (χ4n) is 4.02. The van der Waals surface area contributed by atoms with Gasteiger partial charge in [0.05, 0.1) is 16.6 Å². The van der Waals surface area contributed by atoms with Gasteiger partial charge in [-0.1, -0.05) is 60.7 Å². The number of hydrogen-bond donors (Lipinski definition) is 1. The molecule has 6 heteroatoms. The van der Waals surface area contributed by atoms with Gasteiger partial charge in [-0.05, 0) is 36.4 Å². The molecular formula is C25H29N3O2S. The lowest BCUT2D eigenvalue weighted by molar-refractivity contribution is 0.313. The van der Waals surface area contributed by atoms with Crippen molar-refractivity contribution in [3.05, 3.63) is 90.0 Å². The van der Waals surface area contributed by atoms with Crippen LogP contribution in [0.4, 0.5) is 11.4 Å². The van der Waals surface area contributed by atoms with Gasteiger partial charge in [0.2, 0.25) is 0 Å². The Morgan fingerprint density at radius 3 is 1.87 bits per heavy atom. The summed E-state index contributed by atoms with van der Waals surface area (Å²) in [6.45, 7) is 3.84. The van der Waals surface area contributed by atoms with Crippen LogP contribution in [0.25, 0.3) is 0 Å². The topological polar surface area (TPSA) is 52.7 Å². The molecule has 1 N–H and O–H groups in total. The molecule has 3 aromatic rings. The number of nitrogens with one attached hydrogen (secondary N) is 1. The zero-order valence-corrected chi connectivity index (χ0v) is 18.8. The van der Waals surface area contributed by atoms with Gasteiger partial charge < -0.3 is 15.1 Å². The van der Waals surface area contributed by atoms with E-state index in [1.807, 2.05) is 48.5 Å². The standard InChI is InChI=1S/C25H29N3O2S/c1-27-15-17-28(18-16-27)22-13-14-24(31(2,29)30)23(19-22)26-25(20-9-5-3-6-10-20)21-11-7-4-8-12-21/h3-14,19,25-26H,15-18H2,1-2H3. The number of likely N-dealkylation sites (N-methyl/N-ethyl adjacent to an activating group) is 1. The molecule has 0 spiro atoms. The van der Waals surface area contributed by atoms with Crippen molar-refractivity contribution in [3.8, 4) is 0 Å². The molecule has 0 atom stereocenters. The van der Waals surface area contributed by atoms with Gasteiger partial charge in [-0.15, -0.1) is 0 Å². The van der Waals surface area contributed by atoms with E-state index in [1.165, 1.54) is 6.26 Å². The van der Waals surface area contributed by atoms with Crippen LogP contribution < -0.4 is 10.2 Å². The molecule has 1 aliphatic rings. The Kier molecular flexibility index (Phi) is 6.30. The van der Waals surface area contributed by atoms with Crippen molar-refractivity contribution in [1.82, 2.24) is 4.90 Å². The summed E-state index contributed by atoms with van der Waals surface area (Å²) in [5.74, 6) is 0. The van der Waals surface area contributed by atoms with E-state index < -0.39 is 9.84 Å². The SMILES string of the molecule is CN1CCN(c2ccc(S(C)(=O)=O)c(NC(c3ccccc3)c3ccccc3)c2)CC1. The van der Waals surface area contributed by atoms with E-state index >= 15 is 0 Å². The maximum Gasteiger partial charge on any atom is 0.177 e. The van der Waals surface area contributed by atoms with Crippen LogP contribution in [0.2, 0.25) is 0 Å². The molecule has 0 saturated carbocycles. The van der Waals surface area contributed by atoms with Gasteiger partial charge in [0.25, 0.3) is 0 Å². The van der Waals surface area contributed by atoms with Crippen LogP contribution in [0.3, 0.4) is 0 Å². The second-order valence-electron chi connectivity index (χ2n) is 8.14. The van der Waals surface area contributed by atoms with Gasteiger partial charge in [0.1, 0.15) is 0 Å². The Morgan fingerprint density at radius 1 is 0.806 bits per heavy atom. The summed E-state index contributed by atoms with van der Waals surface area (Å²) in [6, 6.07) is 25.7. The molecule has 0 aromatic heterocycles. The maximum atomic E-state index is 12.6. The van der Waals surface area contributed by atoms with Crippen molar-refractivity contribution >= 4 is 21.2 Å². The van der Waals surface area contributed by atoms with E-state index in [0.717, 1.165) is 43.0 Å². The van der Waals surface area contributed by atoms with E-state index in [4.69, 9.17) is 0 Å². The van der Waals surface area contributed by atoms with Gasteiger partial charge in [0, 0.05) is 38.1 Å². The molecule has 1 fully saturated rings. The first-order valence-electron chi connectivity index (χ1n) is 10.6. The molecule has 1 saturated heterocycles. The van der Waals surface area contributed by atoms with Crippen molar-refractivity contribution < 1.29 is 8.42 Å². The fourth-order valence-corrected chi connectivity index (χ4v) is 4.85. The van der Waals surface area contributed by atoms with E-state index in [0.29, 0.717) is 10.6 Å². The molecule has 1 aliphatic heterocycles. The van der Waals surface area contributed by atoms with Crippen molar-refractivity contribution in [2.24, 2.45) is 0 Å². The Morgan fingerprint density at radius 2 is 1.35 bits per heavy atom. The molecule has 4 rings (SSSR count). The summed E-state index contributed by atoms with van der Waals surface area (Å²) in [7, 11) is -1.26. The van der Waals surface area contributed by atoms with E-state index in [1.54, 1.807) is 6.07 Å². The summed E-state index contributed by atoms with van der Waals surface area (Å²) >= 11 is 0. The third-order valence-corrected chi connectivity index (χ3v) is 6.95. The molecular weight excluding hydrogens is 406 g/mol. The first-order valence-corrected chi connectivity index (χ1v) is 12.4. The van der Waals surface area contributed by atoms with Crippen LogP contribution in [0.15, 0.2) is 83.8 Å². The number of benzene rings is 3. The van der Waals surface area contributed by atoms with Gasteiger partial charge in [0.15, 0.2) is 9.84 Å². The van der Waals surface area contributed by atoms with E-state index in [-0.39, 0.29) is 6.04 Å². The molecule has 3 aromatic carbocycles. The highest BCUT2D eigenvalue weighted by atomic mass is 32.2. The van der Waals surface area contributed by atoms with Gasteiger partial charge >= 0.3 is 0 Å². The molecule has 0 aliphatic carbocycles. The predicted molar refractivity (Wildman–Crippen MR) is 128 cm³/mol. The largest absolute Gasteiger partial charge is 0.373 e. The third-order valence-electron chi connectivity index (χ3n) is 5.80. The number of nitrogens with zero attached hydrogens (tertiary/aromatic N) is 2. The lowest BCUT2D eigenvalue weighted by atomic mass is 9.98. The minimum atomic E-state index is -3.39. The summed E-state index contributed by atoms with van der Waals surface area (Å²) in [5, 5.41) is 3.56. The van der Waals surface area contributed by atoms with Crippen LogP contribution in [0.1, 0.15) is 17.2 Å². The molecule has 1 heterocycles. The van der Waals surface area contributed by atoms with E-state index in [2.05, 4.69) is 46.4 Å². The van der Waals surface area contributed by atoms with Gasteiger partial charge in [-0.25, -0.2) is 8.42 Å². The highest BCUT2D eigenvalue weighted by molar-refractivity contribution is 7.90. The summed E-state index contributed by atoms with van der Waals surface area (Å²) < 4.78 is 25.2. The zero-order valence-electron chi connectivity index (χ0n) is 18.0. The Bertz CT molecular complexity index is 1070. The van der Waals surface area contributed by atoms with Crippen LogP contribution in [0, 0.1) is 0 Å². The first-order chi connectivity index (χ1) is 14.9. The van der Waals surface area contributed by atoms with Crippen LogP contribution in [-0.4, -0.2) is 52.8 Å². The average molecular weight is 436 g/mol. The Balaban J connectivity index is 1.75. The lowest BCUT2D eigenvalue weighted by Gasteiger charge is -2.34. The molecule has 5 nitrogen and oxygen atoms in total. The monoisotopic (exact) mass is 435 g/mol. The highest BCUT2D eigenvalue weighted by Gasteiger charge is 2.22. The molecule has 0 bridgehead atoms. The number of sulfone groups is 1. The molecule has 0 amide bonds. The quantitative estimate of drug-likeness (QED) is 0.633. The zero-order chi connectivity index (χ0) is 21.8. The summed E-state index contributed by atoms with van der Waals surface area (Å²) in [4.78, 5) is 4.95. The number of piperazine rings is 1. The smallest absolute Gasteiger partial charge is 0.177 e. The summed E-state index contributed by atoms with van der Waals surface area (Å²) in [6.07, 6.45) is 1.27. The lowest BCUT2D eigenvalue weighted by Crippen LogP contribution is -2.44. The van der Waals surface area contributed by atoms with Crippen molar-refractivity contribution in [1.29, 1.82) is 0 Å². The van der Waals surface area contributed by atoms with Crippen LogP contribution in [-0.2, 0) is 9.84 Å². The predicted octanol–water partition coefficient (Wildman–Crippen LogP) is 4.04. The second kappa shape index (κ2) is 9.12. The molecule has 0 radical (unpaired) electrons. The summed E-state index contributed by atoms with van der Waals surface area (Å²) in [5.41, 5.74) is 3.84. The Hall–Kier alpha value is -2.83. The normalized spacial score (nSPS) is 15.3.